The molecule has 4 heteroatoms. The molecule has 0 saturated carbocycles. The molecule has 2 aromatic carbocycles. The lowest BCUT2D eigenvalue weighted by Crippen LogP contribution is -2.45. The van der Waals surface area contributed by atoms with E-state index in [0.717, 1.165) is 12.0 Å². The SMILES string of the molecule is CC[C@@H](NC(=O)[C@H]1COc2ccccc2O1)c1ccc(C)cc1C. The molecule has 126 valence electrons. The summed E-state index contributed by atoms with van der Waals surface area (Å²) in [6.45, 7) is 6.44. The van der Waals surface area contributed by atoms with Gasteiger partial charge in [0.15, 0.2) is 11.5 Å². The maximum Gasteiger partial charge on any atom is 0.265 e. The number of para-hydroxylation sites is 2. The third-order valence-electron chi connectivity index (χ3n) is 4.33. The molecule has 0 aliphatic carbocycles. The minimum absolute atomic E-state index is 0.0288. The van der Waals surface area contributed by atoms with Gasteiger partial charge >= 0.3 is 0 Å². The third-order valence-corrected chi connectivity index (χ3v) is 4.33. The van der Waals surface area contributed by atoms with Crippen molar-refractivity contribution in [2.75, 3.05) is 6.61 Å². The van der Waals surface area contributed by atoms with Crippen LogP contribution in [0.5, 0.6) is 11.5 Å². The second-order valence-corrected chi connectivity index (χ2v) is 6.19. The Bertz CT molecular complexity index is 741. The van der Waals surface area contributed by atoms with Crippen molar-refractivity contribution in [3.05, 3.63) is 59.2 Å². The maximum atomic E-state index is 12.6. The van der Waals surface area contributed by atoms with E-state index in [1.54, 1.807) is 0 Å². The van der Waals surface area contributed by atoms with Gasteiger partial charge in [0, 0.05) is 0 Å². The van der Waals surface area contributed by atoms with Gasteiger partial charge in [0.05, 0.1) is 6.04 Å². The zero-order valence-electron chi connectivity index (χ0n) is 14.3. The zero-order chi connectivity index (χ0) is 17.1. The monoisotopic (exact) mass is 325 g/mol. The quantitative estimate of drug-likeness (QED) is 0.932. The number of hydrogen-bond acceptors (Lipinski definition) is 3. The van der Waals surface area contributed by atoms with Gasteiger partial charge in [0.2, 0.25) is 6.10 Å². The fraction of sp³-hybridized carbons (Fsp3) is 0.350. The van der Waals surface area contributed by atoms with Crippen LogP contribution in [0.15, 0.2) is 42.5 Å². The van der Waals surface area contributed by atoms with Gasteiger partial charge < -0.3 is 14.8 Å². The molecule has 0 aromatic heterocycles. The van der Waals surface area contributed by atoms with Crippen molar-refractivity contribution < 1.29 is 14.3 Å². The molecule has 4 nitrogen and oxygen atoms in total. The summed E-state index contributed by atoms with van der Waals surface area (Å²) >= 11 is 0. The van der Waals surface area contributed by atoms with E-state index < -0.39 is 6.10 Å². The Hall–Kier alpha value is -2.49. The van der Waals surface area contributed by atoms with Crippen LogP contribution in [0.25, 0.3) is 0 Å². The van der Waals surface area contributed by atoms with Gasteiger partial charge in [-0.3, -0.25) is 4.79 Å². The van der Waals surface area contributed by atoms with Crippen LogP contribution in [-0.2, 0) is 4.79 Å². The number of hydrogen-bond donors (Lipinski definition) is 1. The smallest absolute Gasteiger partial charge is 0.265 e. The summed E-state index contributed by atoms with van der Waals surface area (Å²) in [5.74, 6) is 1.16. The van der Waals surface area contributed by atoms with Crippen LogP contribution in [0.3, 0.4) is 0 Å². The van der Waals surface area contributed by atoms with Gasteiger partial charge in [-0.2, -0.15) is 0 Å². The fourth-order valence-corrected chi connectivity index (χ4v) is 3.03. The average Bonchev–Trinajstić information content (AvgIpc) is 2.59. The van der Waals surface area contributed by atoms with Crippen molar-refractivity contribution >= 4 is 5.91 Å². The molecule has 24 heavy (non-hydrogen) atoms. The van der Waals surface area contributed by atoms with Crippen molar-refractivity contribution in [2.45, 2.75) is 39.3 Å². The second-order valence-electron chi connectivity index (χ2n) is 6.19. The molecular weight excluding hydrogens is 302 g/mol. The highest BCUT2D eigenvalue weighted by Crippen LogP contribution is 2.31. The van der Waals surface area contributed by atoms with E-state index in [4.69, 9.17) is 9.47 Å². The van der Waals surface area contributed by atoms with E-state index in [9.17, 15) is 4.79 Å². The first-order chi connectivity index (χ1) is 11.6. The van der Waals surface area contributed by atoms with Gasteiger partial charge in [-0.15, -0.1) is 0 Å². The second kappa shape index (κ2) is 6.95. The van der Waals surface area contributed by atoms with Crippen molar-refractivity contribution in [1.82, 2.24) is 5.32 Å². The molecule has 3 rings (SSSR count). The fourth-order valence-electron chi connectivity index (χ4n) is 3.03. The third kappa shape index (κ3) is 3.37. The van der Waals surface area contributed by atoms with Crippen LogP contribution in [0.4, 0.5) is 0 Å². The lowest BCUT2D eigenvalue weighted by Gasteiger charge is -2.28. The standard InChI is InChI=1S/C20H23NO3/c1-4-16(15-10-9-13(2)11-14(15)3)21-20(22)19-12-23-17-7-5-6-8-18(17)24-19/h5-11,16,19H,4,12H2,1-3H3,(H,21,22)/t16-,19-/m1/s1. The van der Waals surface area contributed by atoms with Gasteiger partial charge in [-0.1, -0.05) is 42.8 Å². The van der Waals surface area contributed by atoms with Crippen LogP contribution in [0.1, 0.15) is 36.1 Å². The minimum atomic E-state index is -0.625. The first kappa shape index (κ1) is 16.4. The van der Waals surface area contributed by atoms with Crippen molar-refractivity contribution in [3.63, 3.8) is 0 Å². The zero-order valence-corrected chi connectivity index (χ0v) is 14.3. The number of rotatable bonds is 4. The molecular formula is C20H23NO3. The summed E-state index contributed by atoms with van der Waals surface area (Å²) in [6, 6.07) is 13.7. The topological polar surface area (TPSA) is 47.6 Å². The lowest BCUT2D eigenvalue weighted by molar-refractivity contribution is -0.131. The van der Waals surface area contributed by atoms with Gasteiger partial charge in [0.1, 0.15) is 6.61 Å². The molecule has 1 aliphatic rings. The molecule has 2 aromatic rings. The van der Waals surface area contributed by atoms with E-state index in [1.807, 2.05) is 24.3 Å². The minimum Gasteiger partial charge on any atom is -0.485 e. The summed E-state index contributed by atoms with van der Waals surface area (Å²) < 4.78 is 11.4. The number of ether oxygens (including phenoxy) is 2. The molecule has 0 fully saturated rings. The number of amides is 1. The van der Waals surface area contributed by atoms with Crippen LogP contribution >= 0.6 is 0 Å². The molecule has 0 saturated heterocycles. The highest BCUT2D eigenvalue weighted by molar-refractivity contribution is 5.82. The molecule has 1 amide bonds. The van der Waals surface area contributed by atoms with Gasteiger partial charge in [0.25, 0.3) is 5.91 Å². The number of aryl methyl sites for hydroxylation is 2. The Morgan fingerprint density at radius 3 is 2.67 bits per heavy atom. The molecule has 2 atom stereocenters. The molecule has 0 radical (unpaired) electrons. The summed E-state index contributed by atoms with van der Waals surface area (Å²) in [6.07, 6.45) is 0.194. The summed E-state index contributed by atoms with van der Waals surface area (Å²) in [5, 5.41) is 3.10. The molecule has 0 bridgehead atoms. The first-order valence-corrected chi connectivity index (χ1v) is 8.34. The Balaban J connectivity index is 1.71. The maximum absolute atomic E-state index is 12.6. The summed E-state index contributed by atoms with van der Waals surface area (Å²) in [7, 11) is 0. The highest BCUT2D eigenvalue weighted by Gasteiger charge is 2.29. The Labute approximate surface area is 142 Å². The molecule has 0 spiro atoms. The van der Waals surface area contributed by atoms with Crippen molar-refractivity contribution in [1.29, 1.82) is 0 Å². The summed E-state index contributed by atoms with van der Waals surface area (Å²) in [5.41, 5.74) is 3.56. The number of benzene rings is 2. The Morgan fingerprint density at radius 1 is 1.21 bits per heavy atom. The number of fused-ring (bicyclic) bond motifs is 1. The van der Waals surface area contributed by atoms with Crippen LogP contribution in [0, 0.1) is 13.8 Å². The molecule has 1 N–H and O–H groups in total. The van der Waals surface area contributed by atoms with Crippen molar-refractivity contribution in [2.24, 2.45) is 0 Å². The largest absolute Gasteiger partial charge is 0.485 e. The molecule has 1 heterocycles. The molecule has 1 aliphatic heterocycles. The van der Waals surface area contributed by atoms with Gasteiger partial charge in [-0.25, -0.2) is 0 Å². The van der Waals surface area contributed by atoms with Crippen LogP contribution in [0.2, 0.25) is 0 Å². The van der Waals surface area contributed by atoms with E-state index in [1.165, 1.54) is 11.1 Å². The average molecular weight is 325 g/mol. The Kier molecular flexibility index (Phi) is 4.74. The normalized spacial score (nSPS) is 17.2. The van der Waals surface area contributed by atoms with Crippen LogP contribution in [-0.4, -0.2) is 18.6 Å². The first-order valence-electron chi connectivity index (χ1n) is 8.34. The van der Waals surface area contributed by atoms with Crippen LogP contribution < -0.4 is 14.8 Å². The van der Waals surface area contributed by atoms with E-state index in [2.05, 4.69) is 44.3 Å². The lowest BCUT2D eigenvalue weighted by atomic mass is 9.97. The van der Waals surface area contributed by atoms with E-state index in [0.29, 0.717) is 11.5 Å². The molecule has 0 unspecified atom stereocenters. The predicted octanol–water partition coefficient (Wildman–Crippen LogP) is 3.71. The number of carbonyl (C=O) groups is 1. The Morgan fingerprint density at radius 2 is 1.96 bits per heavy atom. The van der Waals surface area contributed by atoms with Crippen molar-refractivity contribution in [3.8, 4) is 11.5 Å². The van der Waals surface area contributed by atoms with E-state index >= 15 is 0 Å². The van der Waals surface area contributed by atoms with E-state index in [-0.39, 0.29) is 18.6 Å². The number of carbonyl (C=O) groups excluding carboxylic acids is 1. The van der Waals surface area contributed by atoms with Gasteiger partial charge in [-0.05, 0) is 43.5 Å². The predicted molar refractivity (Wildman–Crippen MR) is 93.4 cm³/mol. The highest BCUT2D eigenvalue weighted by atomic mass is 16.6. The number of nitrogens with one attached hydrogen (secondary N) is 1. The summed E-state index contributed by atoms with van der Waals surface area (Å²) in [4.78, 5) is 12.6.